The Kier molecular flexibility index (Phi) is 3.34. The van der Waals surface area contributed by atoms with Gasteiger partial charge in [0.05, 0.1) is 0 Å². The lowest BCUT2D eigenvalue weighted by Gasteiger charge is -2.39. The van der Waals surface area contributed by atoms with Gasteiger partial charge in [-0.25, -0.2) is 0 Å². The molecule has 1 atom stereocenters. The normalized spacial score (nSPS) is 19.4. The Labute approximate surface area is 130 Å². The standard InChI is InChI=1S/C17H17NO2.ClH/c1-18-8-7-10-3-2-4-12-15(10)13(18)9-11-5-6-14(19)17(20)16(11)12;/h2-6,13,19-20H,7-9H2,1H3;1H/t13-;/m1./s1/i13+2;. The monoisotopic (exact) mass is 305 g/mol. The van der Waals surface area contributed by atoms with Gasteiger partial charge in [-0.15, -0.1) is 12.4 Å². The molecule has 2 aromatic carbocycles. The highest BCUT2D eigenvalue weighted by Crippen LogP contribution is 2.49. The summed E-state index contributed by atoms with van der Waals surface area (Å²) in [7, 11) is 2.16. The number of benzene rings is 2. The van der Waals surface area contributed by atoms with Gasteiger partial charge in [0.2, 0.25) is 0 Å². The molecule has 110 valence electrons. The minimum atomic E-state index is -0.0380. The van der Waals surface area contributed by atoms with Crippen LogP contribution in [0.2, 0.25) is 0 Å². The fourth-order valence-electron chi connectivity index (χ4n) is 3.67. The number of likely N-dealkylation sites (N-methyl/N-ethyl adjacent to an activating group) is 1. The van der Waals surface area contributed by atoms with Crippen molar-refractivity contribution in [1.29, 1.82) is 0 Å². The highest BCUT2D eigenvalue weighted by molar-refractivity contribution is 5.85. The molecule has 1 aliphatic carbocycles. The molecular weight excluding hydrogens is 288 g/mol. The molecule has 0 radical (unpaired) electrons. The highest BCUT2D eigenvalue weighted by Gasteiger charge is 2.33. The van der Waals surface area contributed by atoms with E-state index < -0.39 is 0 Å². The van der Waals surface area contributed by atoms with Crippen LogP contribution < -0.4 is 0 Å². The third kappa shape index (κ3) is 1.92. The Morgan fingerprint density at radius 3 is 2.71 bits per heavy atom. The maximum absolute atomic E-state index is 10.3. The summed E-state index contributed by atoms with van der Waals surface area (Å²) in [5, 5.41) is 20.1. The second kappa shape index (κ2) is 4.93. The van der Waals surface area contributed by atoms with Crippen LogP contribution in [0.4, 0.5) is 0 Å². The predicted molar refractivity (Wildman–Crippen MR) is 85.2 cm³/mol. The first-order chi connectivity index (χ1) is 9.66. The molecule has 0 saturated carbocycles. The Morgan fingerprint density at radius 1 is 1.10 bits per heavy atom. The zero-order chi connectivity index (χ0) is 13.9. The zero-order valence-corrected chi connectivity index (χ0v) is 12.7. The maximum Gasteiger partial charge on any atom is 0.165 e. The molecule has 3 nitrogen and oxygen atoms in total. The lowest BCUT2D eigenvalue weighted by molar-refractivity contribution is 0.228. The van der Waals surface area contributed by atoms with Crippen molar-refractivity contribution in [3.8, 4) is 22.6 Å². The number of phenols is 2. The largest absolute Gasteiger partial charge is 0.504 e. The van der Waals surface area contributed by atoms with E-state index in [0.29, 0.717) is 6.04 Å². The van der Waals surface area contributed by atoms with Gasteiger partial charge in [0.1, 0.15) is 0 Å². The Hall–Kier alpha value is -1.71. The van der Waals surface area contributed by atoms with Crippen molar-refractivity contribution in [3.63, 3.8) is 0 Å². The maximum atomic E-state index is 10.3. The van der Waals surface area contributed by atoms with Gasteiger partial charge in [-0.2, -0.15) is 0 Å². The number of halogens is 1. The summed E-state index contributed by atoms with van der Waals surface area (Å²) in [6.07, 6.45) is 1.94. The summed E-state index contributed by atoms with van der Waals surface area (Å²) < 4.78 is 0. The van der Waals surface area contributed by atoms with Gasteiger partial charge in [0.25, 0.3) is 0 Å². The van der Waals surface area contributed by atoms with E-state index in [0.717, 1.165) is 36.1 Å². The predicted octanol–water partition coefficient (Wildman–Crippen LogP) is 3.27. The molecule has 21 heavy (non-hydrogen) atoms. The van der Waals surface area contributed by atoms with Gasteiger partial charge < -0.3 is 10.2 Å². The molecule has 0 spiro atoms. The molecular formula is C17H18ClNO2. The number of rotatable bonds is 0. The zero-order valence-electron chi connectivity index (χ0n) is 11.8. The van der Waals surface area contributed by atoms with Gasteiger partial charge in [0, 0.05) is 18.2 Å². The molecule has 4 rings (SSSR count). The molecule has 0 unspecified atom stereocenters. The van der Waals surface area contributed by atoms with Crippen LogP contribution in [0.25, 0.3) is 11.1 Å². The SMILES string of the molecule is CN1CCc2cccc3c2[14C@H]1Cc1ccc(O)c(O)c1-3.Cl. The van der Waals surface area contributed by atoms with E-state index in [-0.39, 0.29) is 23.9 Å². The number of aromatic hydroxyl groups is 2. The molecule has 0 aromatic heterocycles. The minimum absolute atomic E-state index is 0. The van der Waals surface area contributed by atoms with Crippen molar-refractivity contribution >= 4 is 12.4 Å². The van der Waals surface area contributed by atoms with E-state index in [9.17, 15) is 10.2 Å². The topological polar surface area (TPSA) is 43.7 Å². The van der Waals surface area contributed by atoms with E-state index >= 15 is 0 Å². The second-order valence-corrected chi connectivity index (χ2v) is 5.80. The molecule has 1 aliphatic heterocycles. The molecule has 0 amide bonds. The van der Waals surface area contributed by atoms with Crippen LogP contribution in [0.5, 0.6) is 11.5 Å². The molecule has 0 saturated heterocycles. The van der Waals surface area contributed by atoms with Crippen LogP contribution in [-0.2, 0) is 12.8 Å². The van der Waals surface area contributed by atoms with E-state index in [1.54, 1.807) is 6.07 Å². The summed E-state index contributed by atoms with van der Waals surface area (Å²) in [5.41, 5.74) is 5.71. The summed E-state index contributed by atoms with van der Waals surface area (Å²) in [6.45, 7) is 1.07. The van der Waals surface area contributed by atoms with Crippen molar-refractivity contribution in [2.24, 2.45) is 0 Å². The van der Waals surface area contributed by atoms with Gasteiger partial charge in [-0.1, -0.05) is 24.3 Å². The third-order valence-corrected chi connectivity index (χ3v) is 4.72. The summed E-state index contributed by atoms with van der Waals surface area (Å²) in [5.74, 6) is -0.0217. The van der Waals surface area contributed by atoms with Crippen LogP contribution in [0, 0.1) is 0 Å². The fourth-order valence-corrected chi connectivity index (χ4v) is 3.67. The summed E-state index contributed by atoms with van der Waals surface area (Å²) in [4.78, 5) is 2.39. The van der Waals surface area contributed by atoms with Crippen LogP contribution in [0.15, 0.2) is 30.3 Å². The van der Waals surface area contributed by atoms with Crippen LogP contribution >= 0.6 is 12.4 Å². The molecule has 2 N–H and O–H groups in total. The van der Waals surface area contributed by atoms with Crippen LogP contribution in [0.1, 0.15) is 22.7 Å². The Balaban J connectivity index is 0.00000132. The third-order valence-electron chi connectivity index (χ3n) is 4.72. The van der Waals surface area contributed by atoms with E-state index in [1.807, 2.05) is 6.07 Å². The Morgan fingerprint density at radius 2 is 1.90 bits per heavy atom. The van der Waals surface area contributed by atoms with Crippen LogP contribution in [-0.4, -0.2) is 28.7 Å². The van der Waals surface area contributed by atoms with Gasteiger partial charge in [0.15, 0.2) is 11.5 Å². The fraction of sp³-hybridized carbons (Fsp3) is 0.294. The Bertz CT molecular complexity index is 714. The van der Waals surface area contributed by atoms with Crippen molar-refractivity contribution in [2.75, 3.05) is 13.6 Å². The molecule has 0 bridgehead atoms. The van der Waals surface area contributed by atoms with Gasteiger partial charge >= 0.3 is 0 Å². The molecule has 2 aromatic rings. The number of fused-ring (bicyclic) bond motifs is 2. The molecule has 4 heteroatoms. The molecule has 1 heterocycles. The average molecular weight is 306 g/mol. The van der Waals surface area contributed by atoms with Crippen LogP contribution in [0.3, 0.4) is 0 Å². The number of hydrogen-bond acceptors (Lipinski definition) is 3. The first-order valence-electron chi connectivity index (χ1n) is 7.03. The van der Waals surface area contributed by atoms with E-state index in [1.165, 1.54) is 11.1 Å². The van der Waals surface area contributed by atoms with Gasteiger partial charge in [-0.05, 0) is 48.2 Å². The minimum Gasteiger partial charge on any atom is -0.504 e. The number of hydrogen-bond donors (Lipinski definition) is 2. The smallest absolute Gasteiger partial charge is 0.165 e. The second-order valence-electron chi connectivity index (χ2n) is 5.80. The molecule has 2 aliphatic rings. The van der Waals surface area contributed by atoms with E-state index in [4.69, 9.17) is 0 Å². The first kappa shape index (κ1) is 14.2. The average Bonchev–Trinajstić information content (AvgIpc) is 2.46. The van der Waals surface area contributed by atoms with Crippen molar-refractivity contribution in [1.82, 2.24) is 4.90 Å². The van der Waals surface area contributed by atoms with Crippen molar-refractivity contribution in [2.45, 2.75) is 18.9 Å². The van der Waals surface area contributed by atoms with Gasteiger partial charge in [-0.3, -0.25) is 4.90 Å². The quantitative estimate of drug-likeness (QED) is 0.734. The lowest BCUT2D eigenvalue weighted by Crippen LogP contribution is -2.35. The highest BCUT2D eigenvalue weighted by atomic mass is 35.5. The van der Waals surface area contributed by atoms with Crippen molar-refractivity contribution < 1.29 is 10.2 Å². The molecule has 0 fully saturated rings. The number of nitrogens with zero attached hydrogens (tertiary/aromatic N) is 1. The lowest BCUT2D eigenvalue weighted by atomic mass is 9.89. The van der Waals surface area contributed by atoms with E-state index in [2.05, 4.69) is 30.1 Å². The summed E-state index contributed by atoms with van der Waals surface area (Å²) in [6, 6.07) is 10.2. The van der Waals surface area contributed by atoms with Crippen molar-refractivity contribution in [3.05, 3.63) is 47.0 Å². The summed E-state index contributed by atoms with van der Waals surface area (Å²) >= 11 is 0. The first-order valence-corrected chi connectivity index (χ1v) is 7.03. The number of phenolic OH excluding ortho intramolecular Hbond substituents is 2.